The molecule has 0 aliphatic carbocycles. The summed E-state index contributed by atoms with van der Waals surface area (Å²) in [5, 5.41) is 16.1. The van der Waals surface area contributed by atoms with Gasteiger partial charge in [-0.05, 0) is 60.7 Å². The van der Waals surface area contributed by atoms with Crippen LogP contribution in [-0.4, -0.2) is 55.3 Å². The lowest BCUT2D eigenvalue weighted by Crippen LogP contribution is -2.26. The van der Waals surface area contributed by atoms with Gasteiger partial charge in [-0.3, -0.25) is 13.9 Å². The Balaban J connectivity index is 1.49. The van der Waals surface area contributed by atoms with Crippen molar-refractivity contribution in [3.05, 3.63) is 90.0 Å². The summed E-state index contributed by atoms with van der Waals surface area (Å²) in [7, 11) is -0.980. The number of sulfonamides is 1. The molecular weight excluding hydrogens is 644 g/mol. The van der Waals surface area contributed by atoms with E-state index >= 15 is 0 Å². The molecule has 1 unspecified atom stereocenters. The highest BCUT2D eigenvalue weighted by Gasteiger charge is 2.31. The van der Waals surface area contributed by atoms with Crippen LogP contribution in [0, 0.1) is 11.6 Å². The van der Waals surface area contributed by atoms with Crippen molar-refractivity contribution in [2.75, 3.05) is 30.0 Å². The number of fused-ring (bicyclic) bond motifs is 6. The summed E-state index contributed by atoms with van der Waals surface area (Å²) < 4.78 is 63.4. The first kappa shape index (κ1) is 30.9. The lowest BCUT2D eigenvalue weighted by molar-refractivity contribution is -0.137. The van der Waals surface area contributed by atoms with Crippen molar-refractivity contribution >= 4 is 55.1 Å². The Bertz CT molecular complexity index is 2420. The van der Waals surface area contributed by atoms with Crippen molar-refractivity contribution < 1.29 is 36.3 Å². The van der Waals surface area contributed by atoms with E-state index in [1.54, 1.807) is 41.0 Å². The lowest BCUT2D eigenvalue weighted by Gasteiger charge is -2.30. The van der Waals surface area contributed by atoms with Gasteiger partial charge in [-0.25, -0.2) is 22.2 Å². The molecular formula is C34H27F2N5O6S. The molecule has 3 aromatic heterocycles. The Morgan fingerprint density at radius 1 is 1.06 bits per heavy atom. The normalized spacial score (nSPS) is 14.0. The number of rotatable bonds is 7. The van der Waals surface area contributed by atoms with Crippen LogP contribution < -0.4 is 14.9 Å². The molecule has 48 heavy (non-hydrogen) atoms. The summed E-state index contributed by atoms with van der Waals surface area (Å²) in [4.78, 5) is 30.0. The Kier molecular flexibility index (Phi) is 7.20. The molecule has 4 heterocycles. The van der Waals surface area contributed by atoms with Gasteiger partial charge in [0.2, 0.25) is 10.0 Å². The number of aliphatic carboxylic acids is 1. The van der Waals surface area contributed by atoms with Crippen molar-refractivity contribution in [1.82, 2.24) is 14.9 Å². The number of anilines is 2. The molecule has 14 heteroatoms. The number of carbonyl (C=O) groups is 2. The maximum Gasteiger partial charge on any atom is 0.307 e. The third-order valence-electron chi connectivity index (χ3n) is 8.45. The summed E-state index contributed by atoms with van der Waals surface area (Å²) in [6.45, 7) is 0. The minimum atomic E-state index is -3.81. The zero-order chi connectivity index (χ0) is 34.1. The largest absolute Gasteiger partial charge is 0.481 e. The Morgan fingerprint density at radius 3 is 2.50 bits per heavy atom. The second-order valence-electron chi connectivity index (χ2n) is 11.4. The van der Waals surface area contributed by atoms with Crippen molar-refractivity contribution in [3.63, 3.8) is 0 Å². The van der Waals surface area contributed by atoms with Crippen molar-refractivity contribution in [2.45, 2.75) is 12.6 Å². The molecule has 11 nitrogen and oxygen atoms in total. The standard InChI is InChI=1S/C34H27F2N5O6S/c1-37-34(44)31-21-13-20(26(40(2)48(3,45)46)15-28(21)47-33(31)17-7-9-18(35)10-8-17)23-11-12-24-32(39-23)27-14-19-22(36)5-4-6-25(19)41(27)29(38-24)16-30(42)43/h4-15,29,38H,16H2,1-3H3,(H,37,44)(H,42,43). The molecule has 244 valence electrons. The highest BCUT2D eigenvalue weighted by atomic mass is 32.2. The van der Waals surface area contributed by atoms with Gasteiger partial charge in [0.1, 0.15) is 34.8 Å². The van der Waals surface area contributed by atoms with Gasteiger partial charge >= 0.3 is 5.97 Å². The van der Waals surface area contributed by atoms with Crippen LogP contribution in [0.4, 0.5) is 20.2 Å². The van der Waals surface area contributed by atoms with Gasteiger partial charge in [-0.1, -0.05) is 6.07 Å². The van der Waals surface area contributed by atoms with Gasteiger partial charge in [0.25, 0.3) is 5.91 Å². The number of furan rings is 1. The lowest BCUT2D eigenvalue weighted by atomic mass is 10.00. The molecule has 1 aliphatic rings. The molecule has 0 fully saturated rings. The smallest absolute Gasteiger partial charge is 0.307 e. The second kappa shape index (κ2) is 11.2. The number of carboxylic acid groups (broad SMARTS) is 1. The average Bonchev–Trinajstić information content (AvgIpc) is 3.63. The molecule has 0 radical (unpaired) electrons. The molecule has 0 spiro atoms. The zero-order valence-corrected chi connectivity index (χ0v) is 26.5. The molecule has 1 aliphatic heterocycles. The minimum absolute atomic E-state index is 0.153. The van der Waals surface area contributed by atoms with Crippen LogP contribution in [0.3, 0.4) is 0 Å². The second-order valence-corrected chi connectivity index (χ2v) is 13.4. The molecule has 6 aromatic rings. The van der Waals surface area contributed by atoms with Crippen LogP contribution in [0.15, 0.2) is 77.2 Å². The number of hydrogen-bond donors (Lipinski definition) is 3. The number of hydrogen-bond acceptors (Lipinski definition) is 7. The van der Waals surface area contributed by atoms with E-state index in [-0.39, 0.29) is 34.4 Å². The number of aromatic nitrogens is 2. The average molecular weight is 672 g/mol. The number of amides is 1. The maximum atomic E-state index is 15.0. The van der Waals surface area contributed by atoms with Crippen LogP contribution >= 0.6 is 0 Å². The SMILES string of the molecule is CNC(=O)c1c(-c2ccc(F)cc2)oc2cc(N(C)S(C)(=O)=O)c(-c3ccc4c(n3)-c3cc5c(F)cccc5n3C(CC(=O)O)N4)cc12. The Morgan fingerprint density at radius 2 is 1.81 bits per heavy atom. The highest BCUT2D eigenvalue weighted by Crippen LogP contribution is 2.45. The molecule has 1 amide bonds. The van der Waals surface area contributed by atoms with E-state index in [1.807, 2.05) is 0 Å². The molecule has 1 atom stereocenters. The quantitative estimate of drug-likeness (QED) is 0.181. The number of nitrogens with zero attached hydrogens (tertiary/aromatic N) is 3. The number of pyridine rings is 1. The van der Waals surface area contributed by atoms with Gasteiger partial charge in [0, 0.05) is 42.1 Å². The van der Waals surface area contributed by atoms with E-state index in [0.29, 0.717) is 44.8 Å². The first-order valence-electron chi connectivity index (χ1n) is 14.7. The monoisotopic (exact) mass is 671 g/mol. The van der Waals surface area contributed by atoms with Crippen molar-refractivity contribution in [3.8, 4) is 34.0 Å². The molecule has 0 saturated heterocycles. The van der Waals surface area contributed by atoms with Crippen molar-refractivity contribution in [1.29, 1.82) is 0 Å². The van der Waals surface area contributed by atoms with E-state index in [4.69, 9.17) is 9.40 Å². The number of halogens is 2. The number of nitrogens with one attached hydrogen (secondary N) is 2. The number of carbonyl (C=O) groups excluding carboxylic acids is 1. The predicted octanol–water partition coefficient (Wildman–Crippen LogP) is 6.22. The van der Waals surface area contributed by atoms with Gasteiger partial charge in [0.05, 0.1) is 46.5 Å². The first-order chi connectivity index (χ1) is 22.8. The zero-order valence-electron chi connectivity index (χ0n) is 25.7. The summed E-state index contributed by atoms with van der Waals surface area (Å²) in [6, 6.07) is 18.0. The fourth-order valence-corrected chi connectivity index (χ4v) is 6.65. The topological polar surface area (TPSA) is 147 Å². The molecule has 7 rings (SSSR count). The van der Waals surface area contributed by atoms with Crippen LogP contribution in [0.2, 0.25) is 0 Å². The first-order valence-corrected chi connectivity index (χ1v) is 16.5. The highest BCUT2D eigenvalue weighted by molar-refractivity contribution is 7.92. The Labute approximate surface area is 272 Å². The van der Waals surface area contributed by atoms with Gasteiger partial charge in [-0.2, -0.15) is 0 Å². The van der Waals surface area contributed by atoms with E-state index in [9.17, 15) is 31.9 Å². The van der Waals surface area contributed by atoms with Gasteiger partial charge < -0.3 is 24.7 Å². The third-order valence-corrected chi connectivity index (χ3v) is 9.64. The van der Waals surface area contributed by atoms with Crippen molar-refractivity contribution in [2.24, 2.45) is 0 Å². The molecule has 0 saturated carbocycles. The van der Waals surface area contributed by atoms with E-state index in [2.05, 4.69) is 10.6 Å². The fraction of sp³-hybridized carbons (Fsp3) is 0.147. The van der Waals surface area contributed by atoms with Crippen LogP contribution in [-0.2, 0) is 14.8 Å². The number of carboxylic acids is 1. The minimum Gasteiger partial charge on any atom is -0.481 e. The molecule has 3 aromatic carbocycles. The predicted molar refractivity (Wildman–Crippen MR) is 177 cm³/mol. The van der Waals surface area contributed by atoms with Crippen LogP contribution in [0.5, 0.6) is 0 Å². The van der Waals surface area contributed by atoms with Crippen LogP contribution in [0.25, 0.3) is 55.8 Å². The van der Waals surface area contributed by atoms with E-state index < -0.39 is 39.7 Å². The summed E-state index contributed by atoms with van der Waals surface area (Å²) in [5.74, 6) is -2.34. The van der Waals surface area contributed by atoms with E-state index in [0.717, 1.165) is 10.6 Å². The van der Waals surface area contributed by atoms with E-state index in [1.165, 1.54) is 50.5 Å². The number of benzene rings is 3. The maximum absolute atomic E-state index is 15.0. The summed E-state index contributed by atoms with van der Waals surface area (Å²) in [6.07, 6.45) is 0.00213. The fourth-order valence-electron chi connectivity index (χ4n) is 6.14. The summed E-state index contributed by atoms with van der Waals surface area (Å²) >= 11 is 0. The summed E-state index contributed by atoms with van der Waals surface area (Å²) in [5.41, 5.74) is 3.43. The third kappa shape index (κ3) is 5.01. The van der Waals surface area contributed by atoms with Gasteiger partial charge in [-0.15, -0.1) is 0 Å². The molecule has 0 bridgehead atoms. The van der Waals surface area contributed by atoms with Gasteiger partial charge in [0.15, 0.2) is 0 Å². The Hall–Kier alpha value is -5.76. The van der Waals surface area contributed by atoms with Crippen LogP contribution in [0.1, 0.15) is 22.9 Å². The molecule has 3 N–H and O–H groups in total.